The van der Waals surface area contributed by atoms with Crippen molar-refractivity contribution in [1.29, 1.82) is 0 Å². The molecule has 28 heavy (non-hydrogen) atoms. The second kappa shape index (κ2) is 7.85. The largest absolute Gasteiger partial charge is 0.492 e. The van der Waals surface area contributed by atoms with E-state index in [0.29, 0.717) is 28.7 Å². The van der Waals surface area contributed by atoms with Crippen LogP contribution in [0.3, 0.4) is 0 Å². The molecule has 8 heteroatoms. The van der Waals surface area contributed by atoms with Gasteiger partial charge in [-0.05, 0) is 38.1 Å². The molecule has 0 aliphatic heterocycles. The highest BCUT2D eigenvalue weighted by molar-refractivity contribution is 8.00. The van der Waals surface area contributed by atoms with Gasteiger partial charge in [-0.1, -0.05) is 36.0 Å². The Morgan fingerprint density at radius 1 is 1.14 bits per heavy atom. The molecule has 4 rings (SSSR count). The van der Waals surface area contributed by atoms with Crippen molar-refractivity contribution < 1.29 is 9.53 Å². The number of amides is 1. The maximum atomic E-state index is 12.5. The van der Waals surface area contributed by atoms with Crippen LogP contribution in [0.25, 0.3) is 16.7 Å². The number of hydrogen-bond donors (Lipinski definition) is 1. The zero-order valence-electron chi connectivity index (χ0n) is 15.5. The second-order valence-corrected chi connectivity index (χ2v) is 7.04. The SMILES string of the molecule is CCOc1ccccc1NC(=O)CSc1nc2ccccc2n2c(C)nnc12. The molecular weight excluding hydrogens is 374 g/mol. The number of fused-ring (bicyclic) bond motifs is 3. The van der Waals surface area contributed by atoms with Gasteiger partial charge in [0.15, 0.2) is 5.65 Å². The Morgan fingerprint density at radius 2 is 1.93 bits per heavy atom. The molecule has 1 N–H and O–H groups in total. The van der Waals surface area contributed by atoms with Crippen LogP contribution >= 0.6 is 11.8 Å². The average molecular weight is 393 g/mol. The Labute approximate surface area is 166 Å². The molecule has 4 aromatic rings. The van der Waals surface area contributed by atoms with E-state index in [2.05, 4.69) is 20.5 Å². The van der Waals surface area contributed by atoms with E-state index >= 15 is 0 Å². The molecule has 0 aliphatic rings. The topological polar surface area (TPSA) is 81.4 Å². The number of benzene rings is 2. The molecule has 7 nitrogen and oxygen atoms in total. The predicted octanol–water partition coefficient (Wildman–Crippen LogP) is 3.72. The number of para-hydroxylation sites is 4. The highest BCUT2D eigenvalue weighted by atomic mass is 32.2. The van der Waals surface area contributed by atoms with Crippen LogP contribution in [0, 0.1) is 6.92 Å². The van der Waals surface area contributed by atoms with Gasteiger partial charge in [0.05, 0.1) is 29.1 Å². The number of aromatic nitrogens is 4. The number of carbonyl (C=O) groups excluding carboxylic acids is 1. The van der Waals surface area contributed by atoms with E-state index in [0.717, 1.165) is 16.9 Å². The van der Waals surface area contributed by atoms with Gasteiger partial charge in [0.2, 0.25) is 5.91 Å². The number of nitrogens with zero attached hydrogens (tertiary/aromatic N) is 4. The minimum absolute atomic E-state index is 0.138. The first kappa shape index (κ1) is 18.2. The number of aryl methyl sites for hydroxylation is 1. The van der Waals surface area contributed by atoms with Crippen molar-refractivity contribution in [3.8, 4) is 5.75 Å². The smallest absolute Gasteiger partial charge is 0.234 e. The van der Waals surface area contributed by atoms with Gasteiger partial charge >= 0.3 is 0 Å². The lowest BCUT2D eigenvalue weighted by molar-refractivity contribution is -0.113. The summed E-state index contributed by atoms with van der Waals surface area (Å²) in [5.41, 5.74) is 3.09. The Morgan fingerprint density at radius 3 is 2.79 bits per heavy atom. The first-order valence-electron chi connectivity index (χ1n) is 8.92. The van der Waals surface area contributed by atoms with Gasteiger partial charge in [-0.15, -0.1) is 10.2 Å². The summed E-state index contributed by atoms with van der Waals surface area (Å²) in [4.78, 5) is 17.2. The fourth-order valence-corrected chi connectivity index (χ4v) is 3.73. The Kier molecular flexibility index (Phi) is 5.12. The minimum Gasteiger partial charge on any atom is -0.492 e. The summed E-state index contributed by atoms with van der Waals surface area (Å²) in [6.07, 6.45) is 0. The Balaban J connectivity index is 1.56. The van der Waals surface area contributed by atoms with Crippen molar-refractivity contribution in [2.45, 2.75) is 18.9 Å². The van der Waals surface area contributed by atoms with Gasteiger partial charge < -0.3 is 10.1 Å². The summed E-state index contributed by atoms with van der Waals surface area (Å²) in [5.74, 6) is 1.50. The summed E-state index contributed by atoms with van der Waals surface area (Å²) in [6.45, 7) is 4.34. The monoisotopic (exact) mass is 393 g/mol. The first-order chi connectivity index (χ1) is 13.7. The van der Waals surface area contributed by atoms with Gasteiger partial charge in [0, 0.05) is 0 Å². The van der Waals surface area contributed by atoms with Crippen LogP contribution in [0.4, 0.5) is 5.69 Å². The molecule has 2 aromatic heterocycles. The molecule has 2 aromatic carbocycles. The fraction of sp³-hybridized carbons (Fsp3) is 0.200. The standard InChI is InChI=1S/C20H19N5O2S/c1-3-27-17-11-7-5-9-15(17)21-18(26)12-28-20-19-24-23-13(2)25(19)16-10-6-4-8-14(16)22-20/h4-11H,3,12H2,1-2H3,(H,21,26). The van der Waals surface area contributed by atoms with Gasteiger partial charge in [0.25, 0.3) is 0 Å². The molecule has 0 saturated heterocycles. The summed E-state index contributed by atoms with van der Waals surface area (Å²) in [6, 6.07) is 15.2. The lowest BCUT2D eigenvalue weighted by Gasteiger charge is -2.11. The van der Waals surface area contributed by atoms with Crippen molar-refractivity contribution in [2.75, 3.05) is 17.7 Å². The second-order valence-electron chi connectivity index (χ2n) is 6.08. The number of ether oxygens (including phenoxy) is 1. The molecule has 2 heterocycles. The summed E-state index contributed by atoms with van der Waals surface area (Å²) in [7, 11) is 0. The Bertz CT molecular complexity index is 1160. The van der Waals surface area contributed by atoms with Crippen molar-refractivity contribution in [1.82, 2.24) is 19.6 Å². The summed E-state index contributed by atoms with van der Waals surface area (Å²) in [5, 5.41) is 12.0. The van der Waals surface area contributed by atoms with Crippen LogP contribution in [0.2, 0.25) is 0 Å². The summed E-state index contributed by atoms with van der Waals surface area (Å²) < 4.78 is 7.52. The van der Waals surface area contributed by atoms with Gasteiger partial charge in [-0.2, -0.15) is 0 Å². The van der Waals surface area contributed by atoms with Crippen molar-refractivity contribution in [3.05, 3.63) is 54.4 Å². The van der Waals surface area contributed by atoms with Crippen LogP contribution < -0.4 is 10.1 Å². The molecular formula is C20H19N5O2S. The van der Waals surface area contributed by atoms with E-state index in [1.165, 1.54) is 11.8 Å². The van der Waals surface area contributed by atoms with E-state index < -0.39 is 0 Å². The molecule has 142 valence electrons. The van der Waals surface area contributed by atoms with E-state index in [1.54, 1.807) is 0 Å². The van der Waals surface area contributed by atoms with Crippen LogP contribution in [-0.4, -0.2) is 37.8 Å². The molecule has 0 aliphatic carbocycles. The van der Waals surface area contributed by atoms with E-state index in [1.807, 2.05) is 66.8 Å². The normalized spacial score (nSPS) is 11.1. The molecule has 0 spiro atoms. The number of hydrogen-bond acceptors (Lipinski definition) is 6. The van der Waals surface area contributed by atoms with Crippen molar-refractivity contribution >= 4 is 40.0 Å². The maximum absolute atomic E-state index is 12.5. The predicted molar refractivity (Wildman–Crippen MR) is 110 cm³/mol. The molecule has 0 saturated carbocycles. The molecule has 0 radical (unpaired) electrons. The van der Waals surface area contributed by atoms with Crippen LogP contribution in [-0.2, 0) is 4.79 Å². The maximum Gasteiger partial charge on any atom is 0.234 e. The van der Waals surface area contributed by atoms with Crippen molar-refractivity contribution in [2.24, 2.45) is 0 Å². The van der Waals surface area contributed by atoms with E-state index in [-0.39, 0.29) is 11.7 Å². The third-order valence-electron chi connectivity index (χ3n) is 4.16. The average Bonchev–Trinajstić information content (AvgIpc) is 3.10. The van der Waals surface area contributed by atoms with Crippen LogP contribution in [0.15, 0.2) is 53.6 Å². The highest BCUT2D eigenvalue weighted by Gasteiger charge is 2.15. The molecule has 0 atom stereocenters. The molecule has 0 unspecified atom stereocenters. The van der Waals surface area contributed by atoms with Gasteiger partial charge in [-0.3, -0.25) is 9.20 Å². The lowest BCUT2D eigenvalue weighted by Crippen LogP contribution is -2.15. The third kappa shape index (κ3) is 3.50. The number of anilines is 1. The van der Waals surface area contributed by atoms with E-state index in [4.69, 9.17) is 4.74 Å². The number of nitrogens with one attached hydrogen (secondary N) is 1. The first-order valence-corrected chi connectivity index (χ1v) is 9.91. The molecule has 0 bridgehead atoms. The van der Waals surface area contributed by atoms with Gasteiger partial charge in [-0.25, -0.2) is 4.98 Å². The summed E-state index contributed by atoms with van der Waals surface area (Å²) >= 11 is 1.34. The lowest BCUT2D eigenvalue weighted by atomic mass is 10.3. The number of rotatable bonds is 6. The third-order valence-corrected chi connectivity index (χ3v) is 5.12. The highest BCUT2D eigenvalue weighted by Crippen LogP contribution is 2.27. The zero-order chi connectivity index (χ0) is 19.5. The van der Waals surface area contributed by atoms with Gasteiger partial charge in [0.1, 0.15) is 16.6 Å². The van der Waals surface area contributed by atoms with Crippen LogP contribution in [0.5, 0.6) is 5.75 Å². The zero-order valence-corrected chi connectivity index (χ0v) is 16.4. The molecule has 0 fully saturated rings. The number of thioether (sulfide) groups is 1. The van der Waals surface area contributed by atoms with Crippen molar-refractivity contribution in [3.63, 3.8) is 0 Å². The Hall–Kier alpha value is -3.13. The quantitative estimate of drug-likeness (QED) is 0.503. The fourth-order valence-electron chi connectivity index (χ4n) is 2.96. The number of carbonyl (C=O) groups is 1. The minimum atomic E-state index is -0.138. The van der Waals surface area contributed by atoms with Crippen LogP contribution in [0.1, 0.15) is 12.7 Å². The molecule has 1 amide bonds. The van der Waals surface area contributed by atoms with E-state index in [9.17, 15) is 4.79 Å².